The SMILES string of the molecule is CCc1cc(C(=O)Nc2ccccc2OC(F)(F)F)sc1C. The van der Waals surface area contributed by atoms with E-state index in [-0.39, 0.29) is 5.69 Å². The highest BCUT2D eigenvalue weighted by molar-refractivity contribution is 7.14. The predicted octanol–water partition coefficient (Wildman–Crippen LogP) is 4.77. The minimum absolute atomic E-state index is 0.0195. The van der Waals surface area contributed by atoms with Gasteiger partial charge in [-0.05, 0) is 37.1 Å². The van der Waals surface area contributed by atoms with Gasteiger partial charge >= 0.3 is 6.36 Å². The number of rotatable bonds is 4. The molecule has 0 saturated heterocycles. The maximum absolute atomic E-state index is 12.4. The fourth-order valence-corrected chi connectivity index (χ4v) is 2.96. The molecule has 0 aliphatic rings. The van der Waals surface area contributed by atoms with E-state index >= 15 is 0 Å². The van der Waals surface area contributed by atoms with Crippen molar-refractivity contribution in [2.75, 3.05) is 5.32 Å². The molecule has 0 aliphatic carbocycles. The topological polar surface area (TPSA) is 38.3 Å². The van der Waals surface area contributed by atoms with Gasteiger partial charge in [-0.15, -0.1) is 24.5 Å². The smallest absolute Gasteiger partial charge is 0.404 e. The average Bonchev–Trinajstić information content (AvgIpc) is 2.80. The molecule has 22 heavy (non-hydrogen) atoms. The number of hydrogen-bond donors (Lipinski definition) is 1. The number of nitrogens with one attached hydrogen (secondary N) is 1. The number of amides is 1. The molecule has 0 spiro atoms. The molecule has 1 aromatic carbocycles. The Bertz CT molecular complexity index is 680. The lowest BCUT2D eigenvalue weighted by atomic mass is 10.2. The van der Waals surface area contributed by atoms with E-state index in [9.17, 15) is 18.0 Å². The highest BCUT2D eigenvalue weighted by Crippen LogP contribution is 2.31. The molecule has 0 radical (unpaired) electrons. The van der Waals surface area contributed by atoms with E-state index in [1.165, 1.54) is 29.5 Å². The first-order valence-corrected chi connectivity index (χ1v) is 7.37. The number of ether oxygens (including phenoxy) is 1. The van der Waals surface area contributed by atoms with Crippen molar-refractivity contribution in [3.63, 3.8) is 0 Å². The van der Waals surface area contributed by atoms with E-state index in [2.05, 4.69) is 10.1 Å². The van der Waals surface area contributed by atoms with Gasteiger partial charge in [-0.1, -0.05) is 19.1 Å². The van der Waals surface area contributed by atoms with Crippen LogP contribution in [0, 0.1) is 6.92 Å². The van der Waals surface area contributed by atoms with Gasteiger partial charge in [-0.2, -0.15) is 0 Å². The van der Waals surface area contributed by atoms with Gasteiger partial charge in [0.2, 0.25) is 0 Å². The van der Waals surface area contributed by atoms with Crippen LogP contribution in [-0.2, 0) is 6.42 Å². The quantitative estimate of drug-likeness (QED) is 0.877. The molecule has 1 heterocycles. The number of alkyl halides is 3. The van der Waals surface area contributed by atoms with Crippen molar-refractivity contribution in [3.05, 3.63) is 45.6 Å². The number of carbonyl (C=O) groups is 1. The van der Waals surface area contributed by atoms with Gasteiger partial charge in [0, 0.05) is 4.88 Å². The van der Waals surface area contributed by atoms with Gasteiger partial charge in [0.1, 0.15) is 0 Å². The largest absolute Gasteiger partial charge is 0.573 e. The van der Waals surface area contributed by atoms with Gasteiger partial charge in [-0.25, -0.2) is 0 Å². The normalized spacial score (nSPS) is 11.3. The minimum atomic E-state index is -4.81. The van der Waals surface area contributed by atoms with Crippen molar-refractivity contribution in [1.29, 1.82) is 0 Å². The Morgan fingerprint density at radius 3 is 2.59 bits per heavy atom. The summed E-state index contributed by atoms with van der Waals surface area (Å²) in [6.07, 6.45) is -4.01. The highest BCUT2D eigenvalue weighted by atomic mass is 32.1. The van der Waals surface area contributed by atoms with Crippen LogP contribution in [0.4, 0.5) is 18.9 Å². The first kappa shape index (κ1) is 16.4. The molecule has 0 bridgehead atoms. The van der Waals surface area contributed by atoms with E-state index in [4.69, 9.17) is 0 Å². The first-order chi connectivity index (χ1) is 10.3. The molecule has 118 valence electrons. The first-order valence-electron chi connectivity index (χ1n) is 6.55. The lowest BCUT2D eigenvalue weighted by Crippen LogP contribution is -2.19. The Labute approximate surface area is 129 Å². The number of anilines is 1. The second-order valence-corrected chi connectivity index (χ2v) is 5.80. The Morgan fingerprint density at radius 1 is 1.32 bits per heavy atom. The van der Waals surface area contributed by atoms with Crippen molar-refractivity contribution in [3.8, 4) is 5.75 Å². The third-order valence-electron chi connectivity index (χ3n) is 2.99. The number of carbonyl (C=O) groups excluding carboxylic acids is 1. The summed E-state index contributed by atoms with van der Waals surface area (Å²) < 4.78 is 41.0. The summed E-state index contributed by atoms with van der Waals surface area (Å²) in [6, 6.07) is 7.19. The van der Waals surface area contributed by atoms with E-state index in [0.29, 0.717) is 4.88 Å². The predicted molar refractivity (Wildman–Crippen MR) is 79.5 cm³/mol. The molecule has 1 N–H and O–H groups in total. The second-order valence-electron chi connectivity index (χ2n) is 4.54. The number of hydrogen-bond acceptors (Lipinski definition) is 3. The summed E-state index contributed by atoms with van der Waals surface area (Å²) in [5.74, 6) is -0.890. The van der Waals surface area contributed by atoms with Crippen LogP contribution in [0.3, 0.4) is 0 Å². The molecule has 7 heteroatoms. The Balaban J connectivity index is 2.21. The van der Waals surface area contributed by atoms with Gasteiger partial charge in [0.25, 0.3) is 5.91 Å². The number of halogens is 3. The van der Waals surface area contributed by atoms with Crippen molar-refractivity contribution < 1.29 is 22.7 Å². The van der Waals surface area contributed by atoms with E-state index in [0.717, 1.165) is 22.9 Å². The molecule has 1 aromatic heterocycles. The van der Waals surface area contributed by atoms with E-state index in [1.807, 2.05) is 13.8 Å². The van der Waals surface area contributed by atoms with E-state index in [1.54, 1.807) is 6.07 Å². The summed E-state index contributed by atoms with van der Waals surface area (Å²) in [7, 11) is 0. The molecule has 2 rings (SSSR count). The zero-order valence-corrected chi connectivity index (χ0v) is 12.8. The number of aryl methyl sites for hydroxylation is 2. The van der Waals surface area contributed by atoms with Gasteiger partial charge in [-0.3, -0.25) is 4.79 Å². The third kappa shape index (κ3) is 4.00. The zero-order chi connectivity index (χ0) is 16.3. The molecule has 3 nitrogen and oxygen atoms in total. The van der Waals surface area contributed by atoms with Crippen molar-refractivity contribution in [1.82, 2.24) is 0 Å². The van der Waals surface area contributed by atoms with Gasteiger partial charge in [0.15, 0.2) is 5.75 Å². The highest BCUT2D eigenvalue weighted by Gasteiger charge is 2.32. The Kier molecular flexibility index (Phi) is 4.75. The fraction of sp³-hybridized carbons (Fsp3) is 0.267. The average molecular weight is 329 g/mol. The van der Waals surface area contributed by atoms with Crippen LogP contribution in [0.2, 0.25) is 0 Å². The molecule has 0 unspecified atom stereocenters. The molecule has 2 aromatic rings. The number of benzene rings is 1. The Hall–Kier alpha value is -2.02. The summed E-state index contributed by atoms with van der Waals surface area (Å²) in [5.41, 5.74) is 1.03. The third-order valence-corrected chi connectivity index (χ3v) is 4.08. The lowest BCUT2D eigenvalue weighted by molar-refractivity contribution is -0.274. The van der Waals surface area contributed by atoms with Crippen molar-refractivity contribution in [2.45, 2.75) is 26.6 Å². The maximum atomic E-state index is 12.4. The molecular weight excluding hydrogens is 315 g/mol. The van der Waals surface area contributed by atoms with Crippen LogP contribution in [-0.4, -0.2) is 12.3 Å². The lowest BCUT2D eigenvalue weighted by Gasteiger charge is -2.13. The molecule has 0 saturated carbocycles. The van der Waals surface area contributed by atoms with Crippen molar-refractivity contribution >= 4 is 22.9 Å². The number of para-hydroxylation sites is 2. The second kappa shape index (κ2) is 6.39. The fourth-order valence-electron chi connectivity index (χ4n) is 1.95. The van der Waals surface area contributed by atoms with Crippen molar-refractivity contribution in [2.24, 2.45) is 0 Å². The molecule has 0 atom stereocenters. The van der Waals surface area contributed by atoms with Crippen LogP contribution in [0.15, 0.2) is 30.3 Å². The van der Waals surface area contributed by atoms with Crippen LogP contribution in [0.25, 0.3) is 0 Å². The summed E-state index contributed by atoms with van der Waals surface area (Å²) in [5, 5.41) is 2.46. The van der Waals surface area contributed by atoms with Crippen LogP contribution < -0.4 is 10.1 Å². The number of thiophene rings is 1. The van der Waals surface area contributed by atoms with Crippen LogP contribution in [0.5, 0.6) is 5.75 Å². The maximum Gasteiger partial charge on any atom is 0.573 e. The molecular formula is C15H14F3NO2S. The molecule has 0 aliphatic heterocycles. The minimum Gasteiger partial charge on any atom is -0.404 e. The summed E-state index contributed by atoms with van der Waals surface area (Å²) >= 11 is 1.31. The Morgan fingerprint density at radius 2 is 2.00 bits per heavy atom. The van der Waals surface area contributed by atoms with Crippen LogP contribution in [0.1, 0.15) is 27.0 Å². The zero-order valence-electron chi connectivity index (χ0n) is 12.0. The summed E-state index contributed by atoms with van der Waals surface area (Å²) in [4.78, 5) is 13.7. The monoisotopic (exact) mass is 329 g/mol. The van der Waals surface area contributed by atoms with Gasteiger partial charge < -0.3 is 10.1 Å². The molecule has 1 amide bonds. The van der Waals surface area contributed by atoms with E-state index < -0.39 is 18.0 Å². The standard InChI is InChI=1S/C15H14F3NO2S/c1-3-10-8-13(22-9(10)2)14(20)19-11-6-4-5-7-12(11)21-15(16,17)18/h4-8H,3H2,1-2H3,(H,19,20). The molecule has 0 fully saturated rings. The summed E-state index contributed by atoms with van der Waals surface area (Å²) in [6.45, 7) is 3.88. The van der Waals surface area contributed by atoms with Gasteiger partial charge in [0.05, 0.1) is 10.6 Å². The van der Waals surface area contributed by atoms with Crippen LogP contribution >= 0.6 is 11.3 Å².